The third kappa shape index (κ3) is 3.68. The van der Waals surface area contributed by atoms with E-state index in [1.54, 1.807) is 32.4 Å². The first kappa shape index (κ1) is 11.0. The van der Waals surface area contributed by atoms with Crippen molar-refractivity contribution in [3.63, 3.8) is 0 Å². The Morgan fingerprint density at radius 2 is 2.40 bits per heavy atom. The zero-order chi connectivity index (χ0) is 11.1. The van der Waals surface area contributed by atoms with Crippen molar-refractivity contribution in [3.05, 3.63) is 30.4 Å². The molecule has 0 aromatic carbocycles. The molecule has 5 heteroatoms. The van der Waals surface area contributed by atoms with Crippen molar-refractivity contribution in [1.82, 2.24) is 14.9 Å². The highest BCUT2D eigenvalue weighted by atomic mass is 16.2. The molecule has 0 saturated carbocycles. The maximum atomic E-state index is 11.4. The fourth-order valence-electron chi connectivity index (χ4n) is 0.904. The van der Waals surface area contributed by atoms with Gasteiger partial charge < -0.3 is 4.90 Å². The average molecular weight is 204 g/mol. The van der Waals surface area contributed by atoms with E-state index in [-0.39, 0.29) is 5.91 Å². The molecule has 0 spiro atoms. The van der Waals surface area contributed by atoms with Crippen LogP contribution in [0, 0.1) is 0 Å². The summed E-state index contributed by atoms with van der Waals surface area (Å²) in [4.78, 5) is 24.3. The number of carbonyl (C=O) groups is 1. The molecule has 1 heterocycles. The van der Waals surface area contributed by atoms with Gasteiger partial charge in [0.05, 0.1) is 12.0 Å². The number of aromatic nitrogens is 2. The standard InChI is InChI=1S/C10H12N4O/c1-11-8-14(2)10(15)4-3-9-5-6-12-7-13-9/h3-8H,1-2H3/b4-3+,11-8?. The Balaban J connectivity index is 2.62. The predicted octanol–water partition coefficient (Wildman–Crippen LogP) is 0.606. The van der Waals surface area contributed by atoms with Gasteiger partial charge in [-0.05, 0) is 12.1 Å². The van der Waals surface area contributed by atoms with Gasteiger partial charge in [0.1, 0.15) is 6.33 Å². The summed E-state index contributed by atoms with van der Waals surface area (Å²) in [6, 6.07) is 1.72. The SMILES string of the molecule is CN=CN(C)C(=O)/C=C/c1ccncn1. The first-order chi connectivity index (χ1) is 7.24. The number of rotatable bonds is 3. The molecule has 1 rings (SSSR count). The largest absolute Gasteiger partial charge is 0.303 e. The smallest absolute Gasteiger partial charge is 0.251 e. The normalized spacial score (nSPS) is 11.1. The molecule has 0 bridgehead atoms. The van der Waals surface area contributed by atoms with Crippen LogP contribution < -0.4 is 0 Å². The lowest BCUT2D eigenvalue weighted by Gasteiger charge is -2.06. The van der Waals surface area contributed by atoms with Crippen molar-refractivity contribution in [2.24, 2.45) is 4.99 Å². The van der Waals surface area contributed by atoms with Gasteiger partial charge in [0.15, 0.2) is 0 Å². The van der Waals surface area contributed by atoms with Crippen molar-refractivity contribution in [2.75, 3.05) is 14.1 Å². The second-order valence-electron chi connectivity index (χ2n) is 2.79. The van der Waals surface area contributed by atoms with E-state index >= 15 is 0 Å². The quantitative estimate of drug-likeness (QED) is 0.411. The van der Waals surface area contributed by atoms with Crippen molar-refractivity contribution >= 4 is 18.3 Å². The number of carbonyl (C=O) groups excluding carboxylic acids is 1. The Bertz CT molecular complexity index is 372. The van der Waals surface area contributed by atoms with Gasteiger partial charge in [-0.1, -0.05) is 0 Å². The molecule has 0 aliphatic carbocycles. The number of aliphatic imine (C=N–C) groups is 1. The summed E-state index contributed by atoms with van der Waals surface area (Å²) in [6.45, 7) is 0. The van der Waals surface area contributed by atoms with Crippen molar-refractivity contribution in [2.45, 2.75) is 0 Å². The summed E-state index contributed by atoms with van der Waals surface area (Å²) in [5.41, 5.74) is 0.695. The molecule has 0 saturated heterocycles. The van der Waals surface area contributed by atoms with Crippen LogP contribution in [0.2, 0.25) is 0 Å². The minimum Gasteiger partial charge on any atom is -0.303 e. The molecular weight excluding hydrogens is 192 g/mol. The second-order valence-corrected chi connectivity index (χ2v) is 2.79. The molecule has 0 aliphatic rings. The molecule has 0 fully saturated rings. The first-order valence-electron chi connectivity index (χ1n) is 4.37. The van der Waals surface area contributed by atoms with Gasteiger partial charge in [0.2, 0.25) is 0 Å². The molecule has 1 aromatic rings. The Hall–Kier alpha value is -2.04. The van der Waals surface area contributed by atoms with Crippen LogP contribution in [0.25, 0.3) is 6.08 Å². The minimum absolute atomic E-state index is 0.154. The predicted molar refractivity (Wildman–Crippen MR) is 58.3 cm³/mol. The van der Waals surface area contributed by atoms with Gasteiger partial charge in [-0.3, -0.25) is 9.79 Å². The highest BCUT2D eigenvalue weighted by Gasteiger charge is 1.99. The van der Waals surface area contributed by atoms with Gasteiger partial charge in [-0.25, -0.2) is 9.97 Å². The summed E-state index contributed by atoms with van der Waals surface area (Å²) in [5.74, 6) is -0.154. The van der Waals surface area contributed by atoms with Crippen LogP contribution in [0.5, 0.6) is 0 Å². The van der Waals surface area contributed by atoms with E-state index in [9.17, 15) is 4.79 Å². The van der Waals surface area contributed by atoms with Gasteiger partial charge in [-0.15, -0.1) is 0 Å². The second kappa shape index (κ2) is 5.64. The fourth-order valence-corrected chi connectivity index (χ4v) is 0.904. The lowest BCUT2D eigenvalue weighted by molar-refractivity contribution is -0.121. The van der Waals surface area contributed by atoms with Crippen molar-refractivity contribution in [3.8, 4) is 0 Å². The molecule has 15 heavy (non-hydrogen) atoms. The van der Waals surface area contributed by atoms with Gasteiger partial charge >= 0.3 is 0 Å². The van der Waals surface area contributed by atoms with Crippen LogP contribution in [0.15, 0.2) is 29.7 Å². The molecule has 0 N–H and O–H groups in total. The van der Waals surface area contributed by atoms with Crippen molar-refractivity contribution < 1.29 is 4.79 Å². The topological polar surface area (TPSA) is 58.5 Å². The summed E-state index contributed by atoms with van der Waals surface area (Å²) < 4.78 is 0. The molecule has 0 radical (unpaired) electrons. The zero-order valence-electron chi connectivity index (χ0n) is 8.66. The summed E-state index contributed by atoms with van der Waals surface area (Å²) >= 11 is 0. The maximum absolute atomic E-state index is 11.4. The van der Waals surface area contributed by atoms with E-state index in [0.29, 0.717) is 5.69 Å². The molecule has 1 amide bonds. The Morgan fingerprint density at radius 3 is 3.00 bits per heavy atom. The number of nitrogens with zero attached hydrogens (tertiary/aromatic N) is 4. The summed E-state index contributed by atoms with van der Waals surface area (Å²) in [5, 5.41) is 0. The highest BCUT2D eigenvalue weighted by Crippen LogP contribution is 1.95. The highest BCUT2D eigenvalue weighted by molar-refractivity contribution is 5.97. The van der Waals surface area contributed by atoms with Crippen LogP contribution in [0.4, 0.5) is 0 Å². The molecule has 0 unspecified atom stereocenters. The summed E-state index contributed by atoms with van der Waals surface area (Å²) in [7, 11) is 3.25. The zero-order valence-corrected chi connectivity index (χ0v) is 8.66. The fraction of sp³-hybridized carbons (Fsp3) is 0.200. The van der Waals surface area contributed by atoms with Gasteiger partial charge in [0.25, 0.3) is 5.91 Å². The number of hydrogen-bond acceptors (Lipinski definition) is 4. The molecule has 78 valence electrons. The monoisotopic (exact) mass is 204 g/mol. The Labute approximate surface area is 88.2 Å². The first-order valence-corrected chi connectivity index (χ1v) is 4.37. The molecule has 0 atom stereocenters. The van der Waals surface area contributed by atoms with E-state index in [0.717, 1.165) is 0 Å². The number of amides is 1. The van der Waals surface area contributed by atoms with Crippen LogP contribution >= 0.6 is 0 Å². The molecule has 1 aromatic heterocycles. The minimum atomic E-state index is -0.154. The van der Waals surface area contributed by atoms with E-state index in [1.165, 1.54) is 23.6 Å². The molecule has 0 aliphatic heterocycles. The Morgan fingerprint density at radius 1 is 1.60 bits per heavy atom. The van der Waals surface area contributed by atoms with Crippen LogP contribution in [0.3, 0.4) is 0 Å². The third-order valence-electron chi connectivity index (χ3n) is 1.64. The van der Waals surface area contributed by atoms with Crippen LogP contribution in [-0.4, -0.2) is 41.2 Å². The van der Waals surface area contributed by atoms with Crippen LogP contribution in [0.1, 0.15) is 5.69 Å². The van der Waals surface area contributed by atoms with E-state index in [4.69, 9.17) is 0 Å². The number of likely N-dealkylation sites (N-methyl/N-ethyl adjacent to an activating group) is 1. The van der Waals surface area contributed by atoms with Crippen molar-refractivity contribution in [1.29, 1.82) is 0 Å². The van der Waals surface area contributed by atoms with Gasteiger partial charge in [-0.2, -0.15) is 0 Å². The summed E-state index contributed by atoms with van der Waals surface area (Å²) in [6.07, 6.45) is 7.57. The number of hydrogen-bond donors (Lipinski definition) is 0. The Kier molecular flexibility index (Phi) is 4.15. The molecule has 5 nitrogen and oxygen atoms in total. The third-order valence-corrected chi connectivity index (χ3v) is 1.64. The maximum Gasteiger partial charge on any atom is 0.251 e. The van der Waals surface area contributed by atoms with E-state index in [2.05, 4.69) is 15.0 Å². The van der Waals surface area contributed by atoms with Crippen LogP contribution in [-0.2, 0) is 4.79 Å². The van der Waals surface area contributed by atoms with E-state index < -0.39 is 0 Å². The lowest BCUT2D eigenvalue weighted by Crippen LogP contribution is -2.22. The van der Waals surface area contributed by atoms with Gasteiger partial charge in [0, 0.05) is 26.4 Å². The molecular formula is C10H12N4O. The van der Waals surface area contributed by atoms with E-state index in [1.807, 2.05) is 0 Å². The average Bonchev–Trinajstić information content (AvgIpc) is 2.27. The lowest BCUT2D eigenvalue weighted by atomic mass is 10.3.